The monoisotopic (exact) mass is 183 g/mol. The van der Waals surface area contributed by atoms with E-state index >= 15 is 0 Å². The Kier molecular flexibility index (Phi) is 3.02. The standard InChI is InChI=1S/C9H13NO3/c10-8(12)13-9(6-7-11)4-2-1-3-5-9/h11H,1-5H2,(H2,10,12). The molecule has 0 aliphatic heterocycles. The van der Waals surface area contributed by atoms with Crippen LogP contribution in [0.15, 0.2) is 0 Å². The minimum Gasteiger partial charge on any atom is -0.462 e. The van der Waals surface area contributed by atoms with Gasteiger partial charge in [-0.15, -0.1) is 0 Å². The summed E-state index contributed by atoms with van der Waals surface area (Å²) in [4.78, 5) is 10.6. The Morgan fingerprint density at radius 3 is 2.46 bits per heavy atom. The topological polar surface area (TPSA) is 72.6 Å². The highest BCUT2D eigenvalue weighted by Crippen LogP contribution is 2.30. The first-order chi connectivity index (χ1) is 6.18. The molecule has 4 heteroatoms. The van der Waals surface area contributed by atoms with Gasteiger partial charge in [-0.05, 0) is 31.6 Å². The second-order valence-electron chi connectivity index (χ2n) is 3.21. The fourth-order valence-electron chi connectivity index (χ4n) is 1.67. The molecule has 4 nitrogen and oxygen atoms in total. The molecule has 0 spiro atoms. The minimum absolute atomic E-state index is 0.656. The van der Waals surface area contributed by atoms with Crippen molar-refractivity contribution in [2.75, 3.05) is 0 Å². The van der Waals surface area contributed by atoms with Crippen LogP contribution in [0.3, 0.4) is 0 Å². The first-order valence-corrected chi connectivity index (χ1v) is 4.33. The number of hydrogen-bond donors (Lipinski definition) is 2. The summed E-state index contributed by atoms with van der Waals surface area (Å²) in [5, 5.41) is 8.50. The van der Waals surface area contributed by atoms with E-state index in [1.165, 1.54) is 0 Å². The van der Waals surface area contributed by atoms with E-state index in [1.54, 1.807) is 6.11 Å². The van der Waals surface area contributed by atoms with E-state index in [-0.39, 0.29) is 0 Å². The average molecular weight is 183 g/mol. The molecule has 0 aromatic rings. The first kappa shape index (κ1) is 9.72. The van der Waals surface area contributed by atoms with Gasteiger partial charge in [-0.3, -0.25) is 0 Å². The van der Waals surface area contributed by atoms with E-state index in [1.807, 2.05) is 0 Å². The molecule has 0 saturated heterocycles. The Labute approximate surface area is 77.1 Å². The van der Waals surface area contributed by atoms with Gasteiger partial charge in [0.15, 0.2) is 5.60 Å². The van der Waals surface area contributed by atoms with Crippen molar-refractivity contribution in [3.05, 3.63) is 0 Å². The molecule has 0 bridgehead atoms. The van der Waals surface area contributed by atoms with Crippen molar-refractivity contribution in [2.24, 2.45) is 5.73 Å². The summed E-state index contributed by atoms with van der Waals surface area (Å²) in [5.74, 6) is 2.51. The number of carbonyl (C=O) groups excluding carboxylic acids is 1. The fourth-order valence-corrected chi connectivity index (χ4v) is 1.67. The summed E-state index contributed by atoms with van der Waals surface area (Å²) in [5.41, 5.74) is 4.09. The quantitative estimate of drug-likeness (QED) is 0.598. The molecule has 0 unspecified atom stereocenters. The molecule has 0 radical (unpaired) electrons. The lowest BCUT2D eigenvalue weighted by Gasteiger charge is -2.30. The number of primary amides is 1. The Morgan fingerprint density at radius 2 is 2.00 bits per heavy atom. The van der Waals surface area contributed by atoms with Gasteiger partial charge >= 0.3 is 6.09 Å². The van der Waals surface area contributed by atoms with Crippen molar-refractivity contribution in [2.45, 2.75) is 37.7 Å². The molecule has 72 valence electrons. The van der Waals surface area contributed by atoms with Crippen LogP contribution in [0.4, 0.5) is 4.79 Å². The highest BCUT2D eigenvalue weighted by Gasteiger charge is 2.33. The third-order valence-electron chi connectivity index (χ3n) is 2.24. The molecule has 3 N–H and O–H groups in total. The predicted molar refractivity (Wildman–Crippen MR) is 46.2 cm³/mol. The van der Waals surface area contributed by atoms with Crippen LogP contribution in [-0.4, -0.2) is 16.8 Å². The van der Waals surface area contributed by atoms with Crippen LogP contribution >= 0.6 is 0 Å². The van der Waals surface area contributed by atoms with Crippen LogP contribution in [0, 0.1) is 12.0 Å². The van der Waals surface area contributed by atoms with Crippen molar-refractivity contribution < 1.29 is 14.6 Å². The molecular formula is C9H13NO3. The van der Waals surface area contributed by atoms with Gasteiger partial charge in [0.1, 0.15) is 6.11 Å². The van der Waals surface area contributed by atoms with Gasteiger partial charge in [-0.25, -0.2) is 4.79 Å². The summed E-state index contributed by atoms with van der Waals surface area (Å²) in [6, 6.07) is 0. The Bertz CT molecular complexity index is 245. The number of carbonyl (C=O) groups is 1. The van der Waals surface area contributed by atoms with Gasteiger partial charge in [0.2, 0.25) is 0 Å². The number of ether oxygens (including phenoxy) is 1. The van der Waals surface area contributed by atoms with Crippen LogP contribution in [0.2, 0.25) is 0 Å². The highest BCUT2D eigenvalue weighted by atomic mass is 16.6. The Hall–Kier alpha value is -1.37. The second kappa shape index (κ2) is 4.04. The van der Waals surface area contributed by atoms with Crippen molar-refractivity contribution >= 4 is 6.09 Å². The molecule has 1 fully saturated rings. The molecule has 1 rings (SSSR count). The first-order valence-electron chi connectivity index (χ1n) is 4.33. The Morgan fingerprint density at radius 1 is 1.38 bits per heavy atom. The lowest BCUT2D eigenvalue weighted by atomic mass is 9.85. The van der Waals surface area contributed by atoms with Crippen molar-refractivity contribution in [3.8, 4) is 12.0 Å². The predicted octanol–water partition coefficient (Wildman–Crippen LogP) is 1.12. The summed E-state index contributed by atoms with van der Waals surface area (Å²) < 4.78 is 4.92. The third-order valence-corrected chi connectivity index (χ3v) is 2.24. The summed E-state index contributed by atoms with van der Waals surface area (Å²) in [6.07, 6.45) is 5.29. The van der Waals surface area contributed by atoms with Gasteiger partial charge < -0.3 is 15.6 Å². The number of rotatable bonds is 1. The molecule has 1 amide bonds. The average Bonchev–Trinajstić information content (AvgIpc) is 2.04. The fraction of sp³-hybridized carbons (Fsp3) is 0.667. The zero-order valence-electron chi connectivity index (χ0n) is 7.38. The molecule has 0 aromatic carbocycles. The number of aliphatic hydroxyl groups is 1. The smallest absolute Gasteiger partial charge is 0.406 e. The van der Waals surface area contributed by atoms with Crippen LogP contribution < -0.4 is 5.73 Å². The maximum absolute atomic E-state index is 10.6. The third kappa shape index (κ3) is 2.55. The molecule has 1 aliphatic carbocycles. The van der Waals surface area contributed by atoms with E-state index in [0.717, 1.165) is 19.3 Å². The Balaban J connectivity index is 2.70. The van der Waals surface area contributed by atoms with Gasteiger partial charge in [0.05, 0.1) is 0 Å². The molecule has 0 aromatic heterocycles. The SMILES string of the molecule is NC(=O)OC1(C#CO)CCCCC1. The maximum Gasteiger partial charge on any atom is 0.406 e. The maximum atomic E-state index is 10.6. The second-order valence-corrected chi connectivity index (χ2v) is 3.21. The number of nitrogens with two attached hydrogens (primary N) is 1. The number of aliphatic hydroxyl groups excluding tert-OH is 1. The molecule has 0 heterocycles. The van der Waals surface area contributed by atoms with Crippen LogP contribution in [0.5, 0.6) is 0 Å². The van der Waals surface area contributed by atoms with E-state index in [2.05, 4.69) is 5.92 Å². The van der Waals surface area contributed by atoms with Crippen LogP contribution in [0.1, 0.15) is 32.1 Å². The van der Waals surface area contributed by atoms with E-state index < -0.39 is 11.7 Å². The summed E-state index contributed by atoms with van der Waals surface area (Å²) >= 11 is 0. The van der Waals surface area contributed by atoms with Crippen LogP contribution in [-0.2, 0) is 4.74 Å². The molecule has 0 atom stereocenters. The van der Waals surface area contributed by atoms with Gasteiger partial charge in [-0.1, -0.05) is 6.42 Å². The van der Waals surface area contributed by atoms with Gasteiger partial charge in [0, 0.05) is 0 Å². The highest BCUT2D eigenvalue weighted by molar-refractivity contribution is 5.65. The van der Waals surface area contributed by atoms with E-state index in [9.17, 15) is 4.79 Å². The summed E-state index contributed by atoms with van der Waals surface area (Å²) in [7, 11) is 0. The van der Waals surface area contributed by atoms with Crippen molar-refractivity contribution in [1.29, 1.82) is 0 Å². The van der Waals surface area contributed by atoms with Gasteiger partial charge in [-0.2, -0.15) is 0 Å². The zero-order valence-corrected chi connectivity index (χ0v) is 7.38. The number of hydrogen-bond acceptors (Lipinski definition) is 3. The lowest BCUT2D eigenvalue weighted by Crippen LogP contribution is -2.37. The molecular weight excluding hydrogens is 170 g/mol. The van der Waals surface area contributed by atoms with E-state index in [4.69, 9.17) is 15.6 Å². The lowest BCUT2D eigenvalue weighted by molar-refractivity contribution is 0.0329. The number of amides is 1. The largest absolute Gasteiger partial charge is 0.462 e. The van der Waals surface area contributed by atoms with Crippen molar-refractivity contribution in [3.63, 3.8) is 0 Å². The minimum atomic E-state index is -0.834. The van der Waals surface area contributed by atoms with Crippen molar-refractivity contribution in [1.82, 2.24) is 0 Å². The van der Waals surface area contributed by atoms with Gasteiger partial charge in [0.25, 0.3) is 0 Å². The molecule has 13 heavy (non-hydrogen) atoms. The summed E-state index contributed by atoms with van der Waals surface area (Å²) in [6.45, 7) is 0. The van der Waals surface area contributed by atoms with Crippen LogP contribution in [0.25, 0.3) is 0 Å². The zero-order chi connectivity index (χ0) is 9.73. The normalized spacial score (nSPS) is 19.7. The van der Waals surface area contributed by atoms with E-state index in [0.29, 0.717) is 12.8 Å². The molecule has 1 aliphatic rings. The molecule has 1 saturated carbocycles.